The zero-order valence-electron chi connectivity index (χ0n) is 14.6. The first-order valence-corrected chi connectivity index (χ1v) is 8.54. The smallest absolute Gasteiger partial charge is 0.222 e. The van der Waals surface area contributed by atoms with Crippen molar-refractivity contribution in [2.24, 2.45) is 13.0 Å². The molecule has 0 radical (unpaired) electrons. The quantitative estimate of drug-likeness (QED) is 0.885. The number of imidazole rings is 1. The van der Waals surface area contributed by atoms with Crippen LogP contribution < -0.4 is 10.6 Å². The van der Waals surface area contributed by atoms with E-state index in [0.717, 1.165) is 55.3 Å². The first-order chi connectivity index (χ1) is 11.5. The van der Waals surface area contributed by atoms with E-state index in [1.165, 1.54) is 0 Å². The van der Waals surface area contributed by atoms with Crippen LogP contribution in [-0.2, 0) is 13.5 Å². The standard InChI is InChI=1S/C17H26N6O/c1-4-13-11(2)20-17(18)21-15(13)23-8-5-12(6-9-23)14(24)16-19-7-10-22(16)3/h7,10,12,14,24H,4-6,8-9H2,1-3H3,(H2,18,20,21)/t14-/m0/s1. The molecule has 7 nitrogen and oxygen atoms in total. The van der Waals surface area contributed by atoms with Gasteiger partial charge in [0.05, 0.1) is 0 Å². The number of aromatic nitrogens is 4. The zero-order valence-corrected chi connectivity index (χ0v) is 14.6. The number of nitrogens with zero attached hydrogens (tertiary/aromatic N) is 5. The fourth-order valence-corrected chi connectivity index (χ4v) is 3.58. The maximum atomic E-state index is 10.6. The molecule has 130 valence electrons. The van der Waals surface area contributed by atoms with Gasteiger partial charge in [-0.2, -0.15) is 4.98 Å². The molecule has 0 bridgehead atoms. The van der Waals surface area contributed by atoms with Crippen molar-refractivity contribution in [1.82, 2.24) is 19.5 Å². The Hall–Kier alpha value is -2.15. The summed E-state index contributed by atoms with van der Waals surface area (Å²) < 4.78 is 1.89. The summed E-state index contributed by atoms with van der Waals surface area (Å²) in [6.07, 6.45) is 5.77. The first-order valence-electron chi connectivity index (χ1n) is 8.54. The Balaban J connectivity index is 1.73. The Kier molecular flexibility index (Phi) is 4.71. The molecule has 0 saturated carbocycles. The lowest BCUT2D eigenvalue weighted by Crippen LogP contribution is -2.37. The highest BCUT2D eigenvalue weighted by Gasteiger charge is 2.29. The van der Waals surface area contributed by atoms with E-state index < -0.39 is 6.10 Å². The van der Waals surface area contributed by atoms with Gasteiger partial charge in [-0.05, 0) is 32.1 Å². The summed E-state index contributed by atoms with van der Waals surface area (Å²) in [6, 6.07) is 0. The van der Waals surface area contributed by atoms with Crippen LogP contribution >= 0.6 is 0 Å². The molecular weight excluding hydrogens is 304 g/mol. The minimum Gasteiger partial charge on any atom is -0.385 e. The number of hydrogen-bond acceptors (Lipinski definition) is 6. The number of nitrogens with two attached hydrogens (primary N) is 1. The fraction of sp³-hybridized carbons (Fsp3) is 0.588. The average molecular weight is 330 g/mol. The second kappa shape index (κ2) is 6.76. The molecule has 2 aromatic heterocycles. The van der Waals surface area contributed by atoms with Crippen molar-refractivity contribution in [3.63, 3.8) is 0 Å². The highest BCUT2D eigenvalue weighted by atomic mass is 16.3. The summed E-state index contributed by atoms with van der Waals surface area (Å²) in [4.78, 5) is 15.3. The lowest BCUT2D eigenvalue weighted by atomic mass is 9.90. The Morgan fingerprint density at radius 1 is 1.33 bits per heavy atom. The molecule has 7 heteroatoms. The molecule has 2 aromatic rings. The lowest BCUT2D eigenvalue weighted by Gasteiger charge is -2.35. The topological polar surface area (TPSA) is 93.1 Å². The third-order valence-corrected chi connectivity index (χ3v) is 4.97. The number of aryl methyl sites for hydroxylation is 2. The Morgan fingerprint density at radius 3 is 2.62 bits per heavy atom. The molecule has 3 rings (SSSR count). The van der Waals surface area contributed by atoms with Crippen LogP contribution in [0, 0.1) is 12.8 Å². The van der Waals surface area contributed by atoms with Crippen molar-refractivity contribution in [3.8, 4) is 0 Å². The van der Waals surface area contributed by atoms with Gasteiger partial charge >= 0.3 is 0 Å². The molecule has 1 aliphatic rings. The molecule has 0 aromatic carbocycles. The average Bonchev–Trinajstić information content (AvgIpc) is 3.00. The number of piperidine rings is 1. The summed E-state index contributed by atoms with van der Waals surface area (Å²) in [7, 11) is 1.92. The minimum absolute atomic E-state index is 0.215. The fourth-order valence-electron chi connectivity index (χ4n) is 3.58. The molecule has 3 N–H and O–H groups in total. The van der Waals surface area contributed by atoms with Crippen molar-refractivity contribution in [2.75, 3.05) is 23.7 Å². The summed E-state index contributed by atoms with van der Waals surface area (Å²) in [6.45, 7) is 5.81. The Morgan fingerprint density at radius 2 is 2.04 bits per heavy atom. The van der Waals surface area contributed by atoms with Crippen LogP contribution in [0.2, 0.25) is 0 Å². The van der Waals surface area contributed by atoms with Crippen molar-refractivity contribution in [1.29, 1.82) is 0 Å². The van der Waals surface area contributed by atoms with Crippen molar-refractivity contribution < 1.29 is 5.11 Å². The van der Waals surface area contributed by atoms with Gasteiger partial charge in [-0.3, -0.25) is 0 Å². The van der Waals surface area contributed by atoms with Crippen LogP contribution in [0.3, 0.4) is 0 Å². The summed E-state index contributed by atoms with van der Waals surface area (Å²) >= 11 is 0. The molecule has 1 aliphatic heterocycles. The van der Waals surface area contributed by atoms with E-state index in [1.807, 2.05) is 24.7 Å². The van der Waals surface area contributed by atoms with E-state index in [1.54, 1.807) is 6.20 Å². The number of aliphatic hydroxyl groups is 1. The van der Waals surface area contributed by atoms with Gasteiger partial charge in [0.1, 0.15) is 17.7 Å². The van der Waals surface area contributed by atoms with Crippen LogP contribution in [-0.4, -0.2) is 37.7 Å². The summed E-state index contributed by atoms with van der Waals surface area (Å²) in [5.41, 5.74) is 7.96. The predicted octanol–water partition coefficient (Wildman–Crippen LogP) is 1.61. The van der Waals surface area contributed by atoms with E-state index in [-0.39, 0.29) is 5.92 Å². The summed E-state index contributed by atoms with van der Waals surface area (Å²) in [5, 5.41) is 10.6. The zero-order chi connectivity index (χ0) is 17.3. The highest BCUT2D eigenvalue weighted by molar-refractivity contribution is 5.52. The number of nitrogen functional groups attached to an aromatic ring is 1. The molecule has 0 aliphatic carbocycles. The predicted molar refractivity (Wildman–Crippen MR) is 93.7 cm³/mol. The van der Waals surface area contributed by atoms with E-state index in [4.69, 9.17) is 5.73 Å². The third-order valence-electron chi connectivity index (χ3n) is 4.97. The molecule has 1 saturated heterocycles. The molecule has 0 spiro atoms. The Labute approximate surface area is 142 Å². The number of aliphatic hydroxyl groups excluding tert-OH is 1. The van der Waals surface area contributed by atoms with Crippen LogP contribution in [0.1, 0.15) is 43.0 Å². The number of anilines is 2. The Bertz CT molecular complexity index is 705. The molecule has 0 unspecified atom stereocenters. The van der Waals surface area contributed by atoms with Gasteiger partial charge < -0.3 is 20.3 Å². The second-order valence-electron chi connectivity index (χ2n) is 6.49. The number of hydrogen-bond donors (Lipinski definition) is 2. The van der Waals surface area contributed by atoms with Gasteiger partial charge in [0, 0.05) is 43.8 Å². The summed E-state index contributed by atoms with van der Waals surface area (Å²) in [5.74, 6) is 2.24. The van der Waals surface area contributed by atoms with Gasteiger partial charge in [0.25, 0.3) is 0 Å². The molecular formula is C17H26N6O. The largest absolute Gasteiger partial charge is 0.385 e. The molecule has 1 fully saturated rings. The van der Waals surface area contributed by atoms with E-state index in [2.05, 4.69) is 26.8 Å². The van der Waals surface area contributed by atoms with Crippen LogP contribution in [0.4, 0.5) is 11.8 Å². The molecule has 24 heavy (non-hydrogen) atoms. The first kappa shape index (κ1) is 16.7. The van der Waals surface area contributed by atoms with Crippen molar-refractivity contribution >= 4 is 11.8 Å². The number of rotatable bonds is 4. The van der Waals surface area contributed by atoms with Crippen LogP contribution in [0.25, 0.3) is 0 Å². The van der Waals surface area contributed by atoms with E-state index in [9.17, 15) is 5.11 Å². The maximum Gasteiger partial charge on any atom is 0.222 e. The van der Waals surface area contributed by atoms with E-state index >= 15 is 0 Å². The van der Waals surface area contributed by atoms with Gasteiger partial charge in [0.15, 0.2) is 0 Å². The van der Waals surface area contributed by atoms with Crippen molar-refractivity contribution in [2.45, 2.75) is 39.2 Å². The molecule has 1 atom stereocenters. The third kappa shape index (κ3) is 3.08. The second-order valence-corrected chi connectivity index (χ2v) is 6.49. The van der Waals surface area contributed by atoms with Crippen LogP contribution in [0.5, 0.6) is 0 Å². The maximum absolute atomic E-state index is 10.6. The van der Waals surface area contributed by atoms with E-state index in [0.29, 0.717) is 5.95 Å². The molecule has 0 amide bonds. The van der Waals surface area contributed by atoms with Gasteiger partial charge in [-0.25, -0.2) is 9.97 Å². The molecule has 3 heterocycles. The highest BCUT2D eigenvalue weighted by Crippen LogP contribution is 2.32. The lowest BCUT2D eigenvalue weighted by molar-refractivity contribution is 0.0824. The van der Waals surface area contributed by atoms with Gasteiger partial charge in [0.2, 0.25) is 5.95 Å². The van der Waals surface area contributed by atoms with Crippen molar-refractivity contribution in [3.05, 3.63) is 29.5 Å². The SMILES string of the molecule is CCc1c(C)nc(N)nc1N1CCC([C@H](O)c2nccn2C)CC1. The minimum atomic E-state index is -0.519. The normalized spacial score (nSPS) is 17.2. The monoisotopic (exact) mass is 330 g/mol. The van der Waals surface area contributed by atoms with Crippen LogP contribution in [0.15, 0.2) is 12.4 Å². The van der Waals surface area contributed by atoms with Gasteiger partial charge in [-0.1, -0.05) is 6.92 Å². The van der Waals surface area contributed by atoms with Gasteiger partial charge in [-0.15, -0.1) is 0 Å².